The molecule has 1 aliphatic heterocycles. The van der Waals surface area contributed by atoms with Crippen molar-refractivity contribution < 1.29 is 23.1 Å². The number of benzene rings is 1. The van der Waals surface area contributed by atoms with E-state index in [1.54, 1.807) is 31.2 Å². The number of amides is 1. The summed E-state index contributed by atoms with van der Waals surface area (Å²) in [6.07, 6.45) is 0.348. The third-order valence-corrected chi connectivity index (χ3v) is 3.57. The SMILES string of the molecule is CCOC(=O)CCc1ccc(NC(=O)C2CC(F)(F)CN2)cc1. The molecule has 5 nitrogen and oxygen atoms in total. The number of nitrogens with one attached hydrogen (secondary N) is 2. The maximum atomic E-state index is 13.1. The number of alkyl halides is 2. The molecule has 2 rings (SSSR count). The van der Waals surface area contributed by atoms with Crippen molar-refractivity contribution in [3.63, 3.8) is 0 Å². The van der Waals surface area contributed by atoms with E-state index in [1.165, 1.54) is 0 Å². The molecule has 0 spiro atoms. The zero-order valence-electron chi connectivity index (χ0n) is 12.9. The lowest BCUT2D eigenvalue weighted by molar-refractivity contribution is -0.143. The van der Waals surface area contributed by atoms with E-state index in [1.807, 2.05) is 0 Å². The molecule has 1 saturated heterocycles. The summed E-state index contributed by atoms with van der Waals surface area (Å²) in [5, 5.41) is 5.12. The highest BCUT2D eigenvalue weighted by Crippen LogP contribution is 2.25. The Bertz CT molecular complexity index is 561. The quantitative estimate of drug-likeness (QED) is 0.786. The summed E-state index contributed by atoms with van der Waals surface area (Å²) in [6, 6.07) is 6.06. The van der Waals surface area contributed by atoms with Crippen LogP contribution in [0, 0.1) is 0 Å². The van der Waals surface area contributed by atoms with Gasteiger partial charge in [0, 0.05) is 18.5 Å². The Morgan fingerprint density at radius 3 is 2.61 bits per heavy atom. The molecule has 1 amide bonds. The van der Waals surface area contributed by atoms with Gasteiger partial charge in [0.05, 0.1) is 19.2 Å². The highest BCUT2D eigenvalue weighted by atomic mass is 19.3. The second kappa shape index (κ2) is 7.50. The van der Waals surface area contributed by atoms with Crippen LogP contribution in [0.5, 0.6) is 0 Å². The molecule has 1 fully saturated rings. The Morgan fingerprint density at radius 1 is 1.35 bits per heavy atom. The molecular formula is C16H20F2N2O3. The van der Waals surface area contributed by atoms with Crippen molar-refractivity contribution in [3.05, 3.63) is 29.8 Å². The van der Waals surface area contributed by atoms with Crippen molar-refractivity contribution >= 4 is 17.6 Å². The molecule has 1 aromatic carbocycles. The van der Waals surface area contributed by atoms with Gasteiger partial charge >= 0.3 is 5.97 Å². The molecule has 126 valence electrons. The first-order valence-corrected chi connectivity index (χ1v) is 7.56. The van der Waals surface area contributed by atoms with E-state index in [9.17, 15) is 18.4 Å². The van der Waals surface area contributed by atoms with Crippen LogP contribution < -0.4 is 10.6 Å². The first-order valence-electron chi connectivity index (χ1n) is 7.56. The van der Waals surface area contributed by atoms with E-state index in [2.05, 4.69) is 10.6 Å². The smallest absolute Gasteiger partial charge is 0.306 e. The van der Waals surface area contributed by atoms with E-state index in [0.717, 1.165) is 5.56 Å². The van der Waals surface area contributed by atoms with Gasteiger partial charge < -0.3 is 10.1 Å². The highest BCUT2D eigenvalue weighted by molar-refractivity contribution is 5.95. The van der Waals surface area contributed by atoms with Gasteiger partial charge in [-0.1, -0.05) is 12.1 Å². The summed E-state index contributed by atoms with van der Waals surface area (Å²) in [4.78, 5) is 23.2. The van der Waals surface area contributed by atoms with E-state index >= 15 is 0 Å². The number of anilines is 1. The number of hydrogen-bond acceptors (Lipinski definition) is 4. The van der Waals surface area contributed by atoms with Crippen LogP contribution in [0.25, 0.3) is 0 Å². The summed E-state index contributed by atoms with van der Waals surface area (Å²) in [5.41, 5.74) is 1.47. The molecule has 0 bridgehead atoms. The fraction of sp³-hybridized carbons (Fsp3) is 0.500. The Morgan fingerprint density at radius 2 is 2.04 bits per heavy atom. The van der Waals surface area contributed by atoms with Gasteiger partial charge in [-0.05, 0) is 31.0 Å². The van der Waals surface area contributed by atoms with Crippen LogP contribution in [-0.2, 0) is 20.7 Å². The number of ether oxygens (including phenoxy) is 1. The maximum Gasteiger partial charge on any atom is 0.306 e. The van der Waals surface area contributed by atoms with E-state index in [-0.39, 0.29) is 5.97 Å². The average Bonchev–Trinajstić information content (AvgIpc) is 2.87. The highest BCUT2D eigenvalue weighted by Gasteiger charge is 2.42. The first kappa shape index (κ1) is 17.3. The molecule has 7 heteroatoms. The maximum absolute atomic E-state index is 13.1. The first-order chi connectivity index (χ1) is 10.9. The monoisotopic (exact) mass is 326 g/mol. The molecule has 0 aromatic heterocycles. The Kier molecular flexibility index (Phi) is 5.65. The fourth-order valence-electron chi connectivity index (χ4n) is 2.36. The molecule has 2 N–H and O–H groups in total. The van der Waals surface area contributed by atoms with E-state index < -0.39 is 30.8 Å². The van der Waals surface area contributed by atoms with Crippen molar-refractivity contribution in [2.75, 3.05) is 18.5 Å². The van der Waals surface area contributed by atoms with Crippen molar-refractivity contribution in [3.8, 4) is 0 Å². The third-order valence-electron chi connectivity index (χ3n) is 3.57. The topological polar surface area (TPSA) is 67.4 Å². The van der Waals surface area contributed by atoms with Crippen molar-refractivity contribution in [2.45, 2.75) is 38.2 Å². The fourth-order valence-corrected chi connectivity index (χ4v) is 2.36. The lowest BCUT2D eigenvalue weighted by Crippen LogP contribution is -2.35. The molecule has 1 atom stereocenters. The largest absolute Gasteiger partial charge is 0.466 e. The standard InChI is InChI=1S/C16H20F2N2O3/c1-2-23-14(21)8-5-11-3-6-12(7-4-11)20-15(22)13-9-16(17,18)10-19-13/h3-4,6-7,13,19H,2,5,8-10H2,1H3,(H,20,22). The van der Waals surface area contributed by atoms with Gasteiger partial charge in [-0.3, -0.25) is 14.9 Å². The Labute approximate surface area is 133 Å². The number of carbonyl (C=O) groups excluding carboxylic acids is 2. The molecule has 1 heterocycles. The van der Waals surface area contributed by atoms with Gasteiger partial charge in [-0.25, -0.2) is 8.78 Å². The normalized spacial score (nSPS) is 19.3. The van der Waals surface area contributed by atoms with Gasteiger partial charge in [0.15, 0.2) is 0 Å². The summed E-state index contributed by atoms with van der Waals surface area (Å²) in [5.74, 6) is -3.56. The predicted molar refractivity (Wildman–Crippen MR) is 81.4 cm³/mol. The van der Waals surface area contributed by atoms with Crippen molar-refractivity contribution in [1.82, 2.24) is 5.32 Å². The Balaban J connectivity index is 1.83. The van der Waals surface area contributed by atoms with Gasteiger partial charge in [0.2, 0.25) is 5.91 Å². The van der Waals surface area contributed by atoms with Gasteiger partial charge in [-0.2, -0.15) is 0 Å². The van der Waals surface area contributed by atoms with Crippen LogP contribution >= 0.6 is 0 Å². The van der Waals surface area contributed by atoms with Crippen LogP contribution in [0.2, 0.25) is 0 Å². The summed E-state index contributed by atoms with van der Waals surface area (Å²) in [6.45, 7) is 1.64. The number of halogens is 2. The third kappa shape index (κ3) is 5.28. The van der Waals surface area contributed by atoms with E-state index in [0.29, 0.717) is 25.1 Å². The molecular weight excluding hydrogens is 306 g/mol. The molecule has 1 aliphatic rings. The molecule has 23 heavy (non-hydrogen) atoms. The zero-order chi connectivity index (χ0) is 16.9. The van der Waals surface area contributed by atoms with Crippen molar-refractivity contribution in [2.24, 2.45) is 0 Å². The molecule has 0 aliphatic carbocycles. The van der Waals surface area contributed by atoms with Crippen LogP contribution in [-0.4, -0.2) is 37.0 Å². The lowest BCUT2D eigenvalue weighted by Gasteiger charge is -2.11. The summed E-state index contributed by atoms with van der Waals surface area (Å²) < 4.78 is 31.0. The molecule has 0 saturated carbocycles. The number of hydrogen-bond donors (Lipinski definition) is 2. The molecule has 1 aromatic rings. The predicted octanol–water partition coefficient (Wildman–Crippen LogP) is 2.12. The second-order valence-electron chi connectivity index (χ2n) is 5.48. The number of rotatable bonds is 6. The minimum absolute atomic E-state index is 0.252. The van der Waals surface area contributed by atoms with Crippen molar-refractivity contribution in [1.29, 1.82) is 0 Å². The molecule has 0 radical (unpaired) electrons. The number of carbonyl (C=O) groups is 2. The van der Waals surface area contributed by atoms with Crippen LogP contribution in [0.15, 0.2) is 24.3 Å². The second-order valence-corrected chi connectivity index (χ2v) is 5.48. The number of aryl methyl sites for hydroxylation is 1. The van der Waals surface area contributed by atoms with Gasteiger partial charge in [0.25, 0.3) is 5.92 Å². The van der Waals surface area contributed by atoms with Crippen LogP contribution in [0.3, 0.4) is 0 Å². The van der Waals surface area contributed by atoms with E-state index in [4.69, 9.17) is 4.74 Å². The van der Waals surface area contributed by atoms with Gasteiger partial charge in [0.1, 0.15) is 0 Å². The average molecular weight is 326 g/mol. The van der Waals surface area contributed by atoms with Crippen LogP contribution in [0.4, 0.5) is 14.5 Å². The van der Waals surface area contributed by atoms with Crippen LogP contribution in [0.1, 0.15) is 25.3 Å². The Hall–Kier alpha value is -2.02. The minimum Gasteiger partial charge on any atom is -0.466 e. The lowest BCUT2D eigenvalue weighted by atomic mass is 10.1. The zero-order valence-corrected chi connectivity index (χ0v) is 12.9. The molecule has 1 unspecified atom stereocenters. The minimum atomic E-state index is -2.83. The summed E-state index contributed by atoms with van der Waals surface area (Å²) in [7, 11) is 0. The summed E-state index contributed by atoms with van der Waals surface area (Å²) >= 11 is 0. The van der Waals surface area contributed by atoms with Gasteiger partial charge in [-0.15, -0.1) is 0 Å². The number of esters is 1.